The van der Waals surface area contributed by atoms with Crippen LogP contribution in [0, 0.1) is 11.3 Å². The number of nitriles is 1. The summed E-state index contributed by atoms with van der Waals surface area (Å²) in [4.78, 5) is 10.8. The van der Waals surface area contributed by atoms with E-state index in [0.29, 0.717) is 40.8 Å². The molecule has 2 rings (SSSR count). The lowest BCUT2D eigenvalue weighted by Gasteiger charge is -2.12. The summed E-state index contributed by atoms with van der Waals surface area (Å²) in [6.45, 7) is 2.28. The zero-order valence-corrected chi connectivity index (χ0v) is 24.3. The minimum absolute atomic E-state index is 0.438. The minimum atomic E-state index is -0.825. The van der Waals surface area contributed by atoms with Gasteiger partial charge in [0, 0.05) is 5.57 Å². The number of methoxy groups -OCH3 is 3. The molecule has 1 N–H and O–H groups in total. The highest BCUT2D eigenvalue weighted by Crippen LogP contribution is 2.33. The number of carboxylic acid groups (broad SMARTS) is 1. The Labute approximate surface area is 239 Å². The number of benzene rings is 2. The van der Waals surface area contributed by atoms with Crippen molar-refractivity contribution in [3.8, 4) is 29.1 Å². The molecule has 0 bridgehead atoms. The molecule has 0 amide bonds. The first-order chi connectivity index (χ1) is 19.4. The highest BCUT2D eigenvalue weighted by molar-refractivity contribution is 5.90. The Morgan fingerprint density at radius 1 is 0.800 bits per heavy atom. The second-order valence-electron chi connectivity index (χ2n) is 9.66. The zero-order valence-electron chi connectivity index (χ0n) is 24.3. The molecule has 0 saturated heterocycles. The molecular formula is C33H43NO6. The van der Waals surface area contributed by atoms with E-state index in [1.54, 1.807) is 40.4 Å². The van der Waals surface area contributed by atoms with Crippen LogP contribution in [-0.4, -0.2) is 39.0 Å². The van der Waals surface area contributed by atoms with Crippen molar-refractivity contribution < 1.29 is 28.8 Å². The van der Waals surface area contributed by atoms with Crippen molar-refractivity contribution in [1.82, 2.24) is 0 Å². The Balaban J connectivity index is 1.73. The van der Waals surface area contributed by atoms with Crippen LogP contribution in [0.15, 0.2) is 48.0 Å². The van der Waals surface area contributed by atoms with Crippen LogP contribution in [0.4, 0.5) is 0 Å². The molecule has 0 aliphatic heterocycles. The fourth-order valence-corrected chi connectivity index (χ4v) is 4.32. The largest absolute Gasteiger partial charge is 0.493 e. The first-order valence-corrected chi connectivity index (χ1v) is 14.0. The Kier molecular flexibility index (Phi) is 14.8. The van der Waals surface area contributed by atoms with Crippen LogP contribution in [0.5, 0.6) is 23.0 Å². The summed E-state index contributed by atoms with van der Waals surface area (Å²) < 4.78 is 22.2. The van der Waals surface area contributed by atoms with Crippen molar-refractivity contribution in [2.24, 2.45) is 0 Å². The molecule has 0 unspecified atom stereocenters. The molecule has 2 aromatic rings. The van der Waals surface area contributed by atoms with Gasteiger partial charge in [0.25, 0.3) is 0 Å². The fraction of sp³-hybridized carbons (Fsp3) is 0.455. The lowest BCUT2D eigenvalue weighted by molar-refractivity contribution is -0.132. The van der Waals surface area contributed by atoms with Gasteiger partial charge in [-0.2, -0.15) is 5.26 Å². The van der Waals surface area contributed by atoms with E-state index in [4.69, 9.17) is 24.1 Å². The van der Waals surface area contributed by atoms with Crippen molar-refractivity contribution >= 4 is 17.6 Å². The quantitative estimate of drug-likeness (QED) is 0.0818. The van der Waals surface area contributed by atoms with Gasteiger partial charge < -0.3 is 24.1 Å². The molecule has 0 aliphatic rings. The highest BCUT2D eigenvalue weighted by atomic mass is 16.5. The molecule has 0 spiro atoms. The van der Waals surface area contributed by atoms with E-state index in [9.17, 15) is 10.1 Å². The third-order valence-electron chi connectivity index (χ3n) is 6.71. The number of rotatable bonds is 19. The average molecular weight is 550 g/mol. The molecule has 2 aromatic carbocycles. The summed E-state index contributed by atoms with van der Waals surface area (Å²) in [5.41, 5.74) is 2.51. The molecule has 0 atom stereocenters. The van der Waals surface area contributed by atoms with Gasteiger partial charge in [0.05, 0.1) is 39.6 Å². The molecule has 40 heavy (non-hydrogen) atoms. The van der Waals surface area contributed by atoms with Crippen LogP contribution >= 0.6 is 0 Å². The summed E-state index contributed by atoms with van der Waals surface area (Å²) in [6, 6.07) is 13.3. The predicted molar refractivity (Wildman–Crippen MR) is 159 cm³/mol. The van der Waals surface area contributed by atoms with E-state index in [2.05, 4.69) is 6.07 Å². The summed E-state index contributed by atoms with van der Waals surface area (Å²) in [5.74, 6) is 1.67. The van der Waals surface area contributed by atoms with E-state index in [1.165, 1.54) is 32.1 Å². The average Bonchev–Trinajstić information content (AvgIpc) is 2.97. The smallest absolute Gasteiger partial charge is 0.330 e. The molecule has 7 heteroatoms. The van der Waals surface area contributed by atoms with E-state index in [0.717, 1.165) is 43.2 Å². The van der Waals surface area contributed by atoms with Crippen LogP contribution in [0.3, 0.4) is 0 Å². The molecule has 216 valence electrons. The van der Waals surface area contributed by atoms with Gasteiger partial charge >= 0.3 is 5.97 Å². The van der Waals surface area contributed by atoms with Crippen LogP contribution < -0.4 is 18.9 Å². The van der Waals surface area contributed by atoms with E-state index >= 15 is 0 Å². The summed E-state index contributed by atoms with van der Waals surface area (Å²) in [7, 11) is 4.76. The number of ether oxygens (including phenoxy) is 4. The summed E-state index contributed by atoms with van der Waals surface area (Å²) >= 11 is 0. The normalized spacial score (nSPS) is 11.6. The second-order valence-corrected chi connectivity index (χ2v) is 9.66. The van der Waals surface area contributed by atoms with Gasteiger partial charge in [-0.25, -0.2) is 4.79 Å². The number of allylic oxidation sites excluding steroid dienone is 2. The first-order valence-electron chi connectivity index (χ1n) is 14.0. The third-order valence-corrected chi connectivity index (χ3v) is 6.71. The fourth-order valence-electron chi connectivity index (χ4n) is 4.32. The zero-order chi connectivity index (χ0) is 29.2. The third kappa shape index (κ3) is 11.1. The monoisotopic (exact) mass is 549 g/mol. The Morgan fingerprint density at radius 2 is 1.38 bits per heavy atom. The number of hydrogen-bond acceptors (Lipinski definition) is 6. The highest BCUT2D eigenvalue weighted by Gasteiger charge is 2.10. The van der Waals surface area contributed by atoms with Gasteiger partial charge in [0.1, 0.15) is 0 Å². The molecule has 0 aliphatic carbocycles. The number of aliphatic carboxylic acids is 1. The maximum Gasteiger partial charge on any atom is 0.330 e. The van der Waals surface area contributed by atoms with Crippen molar-refractivity contribution in [1.29, 1.82) is 5.26 Å². The van der Waals surface area contributed by atoms with Gasteiger partial charge in [0.15, 0.2) is 23.0 Å². The molecule has 0 aromatic heterocycles. The SMILES string of the molecule is COc1ccc(C(C#N)=Cc2ccc(OCCCCCCCCCCCC=C(C)C(=O)O)c(OC)c2)cc1OC. The number of hydrogen-bond donors (Lipinski definition) is 1. The Morgan fingerprint density at radius 3 is 1.98 bits per heavy atom. The van der Waals surface area contributed by atoms with Crippen molar-refractivity contribution in [2.45, 2.75) is 71.1 Å². The maximum absolute atomic E-state index is 10.8. The molecule has 0 radical (unpaired) electrons. The lowest BCUT2D eigenvalue weighted by Crippen LogP contribution is -1.99. The number of carboxylic acids is 1. The Bertz CT molecular complexity index is 1180. The molecular weight excluding hydrogens is 506 g/mol. The van der Waals surface area contributed by atoms with Gasteiger partial charge in [0.2, 0.25) is 0 Å². The van der Waals surface area contributed by atoms with E-state index in [-0.39, 0.29) is 0 Å². The molecule has 0 heterocycles. The minimum Gasteiger partial charge on any atom is -0.493 e. The number of unbranched alkanes of at least 4 members (excludes halogenated alkanes) is 9. The summed E-state index contributed by atoms with van der Waals surface area (Å²) in [6.07, 6.45) is 14.9. The topological polar surface area (TPSA) is 98.0 Å². The van der Waals surface area contributed by atoms with E-state index in [1.807, 2.05) is 36.4 Å². The molecule has 0 fully saturated rings. The van der Waals surface area contributed by atoms with Crippen LogP contribution in [-0.2, 0) is 4.79 Å². The van der Waals surface area contributed by atoms with Gasteiger partial charge in [-0.1, -0.05) is 57.1 Å². The summed E-state index contributed by atoms with van der Waals surface area (Å²) in [5, 5.41) is 18.6. The first kappa shape index (κ1) is 32.3. The van der Waals surface area contributed by atoms with Gasteiger partial charge in [-0.15, -0.1) is 0 Å². The maximum atomic E-state index is 10.8. The van der Waals surface area contributed by atoms with Gasteiger partial charge in [-0.05, 0) is 73.7 Å². The van der Waals surface area contributed by atoms with Crippen molar-refractivity contribution in [2.75, 3.05) is 27.9 Å². The second kappa shape index (κ2) is 18.4. The van der Waals surface area contributed by atoms with Gasteiger partial charge in [-0.3, -0.25) is 0 Å². The Hall–Kier alpha value is -3.92. The predicted octanol–water partition coefficient (Wildman–Crippen LogP) is 8.09. The number of nitrogens with zero attached hydrogens (tertiary/aromatic N) is 1. The molecule has 7 nitrogen and oxygen atoms in total. The molecule has 0 saturated carbocycles. The van der Waals surface area contributed by atoms with Crippen LogP contribution in [0.25, 0.3) is 11.6 Å². The van der Waals surface area contributed by atoms with E-state index < -0.39 is 5.97 Å². The van der Waals surface area contributed by atoms with Crippen LogP contribution in [0.2, 0.25) is 0 Å². The van der Waals surface area contributed by atoms with Crippen LogP contribution in [0.1, 0.15) is 82.3 Å². The van der Waals surface area contributed by atoms with Crippen molar-refractivity contribution in [3.05, 3.63) is 59.2 Å². The van der Waals surface area contributed by atoms with Crippen molar-refractivity contribution in [3.63, 3.8) is 0 Å². The lowest BCUT2D eigenvalue weighted by atomic mass is 10.0. The number of carbonyl (C=O) groups is 1. The standard InChI is InChI=1S/C33H43NO6/c1-25(33(35)36)15-13-11-9-7-5-6-8-10-12-14-20-40-30-18-16-26(22-31(30)38-3)21-28(24-34)27-17-19-29(37-2)32(23-27)39-4/h15-19,21-23H,5-14,20H2,1-4H3,(H,35,36).